The molecule has 0 saturated carbocycles. The van der Waals surface area contributed by atoms with E-state index in [0.29, 0.717) is 5.75 Å². The second-order valence-corrected chi connectivity index (χ2v) is 8.59. The second-order valence-electron chi connectivity index (χ2n) is 6.80. The Bertz CT molecular complexity index is 1110. The van der Waals surface area contributed by atoms with Crippen molar-refractivity contribution in [2.45, 2.75) is 25.7 Å². The number of anilines is 1. The molecule has 0 unspecified atom stereocenters. The normalized spacial score (nSPS) is 11.1. The molecule has 0 bridgehead atoms. The van der Waals surface area contributed by atoms with E-state index in [2.05, 4.69) is 0 Å². The number of carbonyl (C=O) groups is 1. The van der Waals surface area contributed by atoms with Gasteiger partial charge in [0.2, 0.25) is 0 Å². The van der Waals surface area contributed by atoms with Gasteiger partial charge in [0.15, 0.2) is 6.61 Å². The lowest BCUT2D eigenvalue weighted by atomic mass is 10.1. The minimum Gasteiger partial charge on any atom is -0.483 e. The molecule has 5 nitrogen and oxygen atoms in total. The van der Waals surface area contributed by atoms with Crippen molar-refractivity contribution in [3.63, 3.8) is 0 Å². The van der Waals surface area contributed by atoms with E-state index in [1.807, 2.05) is 32.9 Å². The number of aryl methyl sites for hydroxylation is 2. The van der Waals surface area contributed by atoms with Crippen LogP contribution in [-0.4, -0.2) is 20.9 Å². The molecule has 0 heterocycles. The van der Waals surface area contributed by atoms with E-state index in [1.165, 1.54) is 12.1 Å². The lowest BCUT2D eigenvalue weighted by Gasteiger charge is -2.23. The number of amides is 1. The fourth-order valence-electron chi connectivity index (χ4n) is 2.87. The van der Waals surface area contributed by atoms with Crippen molar-refractivity contribution in [3.8, 4) is 5.75 Å². The van der Waals surface area contributed by atoms with Crippen LogP contribution in [0.2, 0.25) is 0 Å². The number of nitrogens with zero attached hydrogens (tertiary/aromatic N) is 1. The van der Waals surface area contributed by atoms with Crippen molar-refractivity contribution >= 4 is 21.6 Å². The topological polar surface area (TPSA) is 63.7 Å². The predicted octanol–water partition coefficient (Wildman–Crippen LogP) is 4.41. The van der Waals surface area contributed by atoms with Crippen LogP contribution in [0.5, 0.6) is 5.75 Å². The zero-order valence-corrected chi connectivity index (χ0v) is 17.4. The van der Waals surface area contributed by atoms with Gasteiger partial charge in [-0.25, -0.2) is 8.42 Å². The van der Waals surface area contributed by atoms with E-state index in [-0.39, 0.29) is 10.6 Å². The monoisotopic (exact) mass is 409 g/mol. The molecule has 0 fully saturated rings. The molecule has 29 heavy (non-hydrogen) atoms. The van der Waals surface area contributed by atoms with E-state index < -0.39 is 22.5 Å². The fourth-order valence-corrected chi connectivity index (χ4v) is 4.29. The number of para-hydroxylation sites is 1. The molecule has 6 heteroatoms. The molecule has 0 radical (unpaired) electrons. The Kier molecular flexibility index (Phi) is 6.03. The molecule has 3 aromatic carbocycles. The van der Waals surface area contributed by atoms with Crippen LogP contribution in [0.4, 0.5) is 5.69 Å². The number of hydrogen-bond acceptors (Lipinski definition) is 4. The number of benzene rings is 3. The SMILES string of the molecule is Cc1ccc(S(=O)(=O)N(C(=O)COc2cccc(C)c2C)c2ccccc2)cc1. The van der Waals surface area contributed by atoms with Crippen LogP contribution in [0.25, 0.3) is 0 Å². The first-order valence-electron chi connectivity index (χ1n) is 9.19. The highest BCUT2D eigenvalue weighted by atomic mass is 32.2. The van der Waals surface area contributed by atoms with Crippen molar-refractivity contribution in [3.05, 3.63) is 89.5 Å². The minimum atomic E-state index is -4.09. The lowest BCUT2D eigenvalue weighted by Crippen LogP contribution is -2.40. The van der Waals surface area contributed by atoms with E-state index >= 15 is 0 Å². The third-order valence-electron chi connectivity index (χ3n) is 4.68. The zero-order chi connectivity index (χ0) is 21.0. The van der Waals surface area contributed by atoms with Gasteiger partial charge in [-0.3, -0.25) is 4.79 Å². The maximum Gasteiger partial charge on any atom is 0.278 e. The summed E-state index contributed by atoms with van der Waals surface area (Å²) in [5.41, 5.74) is 3.14. The van der Waals surface area contributed by atoms with Crippen LogP contribution >= 0.6 is 0 Å². The van der Waals surface area contributed by atoms with Crippen LogP contribution in [0.15, 0.2) is 77.7 Å². The minimum absolute atomic E-state index is 0.0482. The number of sulfonamides is 1. The number of hydrogen-bond donors (Lipinski definition) is 0. The Hall–Kier alpha value is -3.12. The first kappa shape index (κ1) is 20.6. The van der Waals surface area contributed by atoms with Crippen molar-refractivity contribution in [1.29, 1.82) is 0 Å². The van der Waals surface area contributed by atoms with E-state index in [1.54, 1.807) is 48.5 Å². The molecular weight excluding hydrogens is 386 g/mol. The molecule has 0 saturated heterocycles. The first-order chi connectivity index (χ1) is 13.8. The standard InChI is InChI=1S/C23H23NO4S/c1-17-12-14-21(15-13-17)29(26,27)24(20-9-5-4-6-10-20)23(25)16-28-22-11-7-8-18(2)19(22)3/h4-15H,16H2,1-3H3. The molecule has 150 valence electrons. The Labute approximate surface area is 171 Å². The molecular formula is C23H23NO4S. The van der Waals surface area contributed by atoms with Crippen LogP contribution in [0, 0.1) is 20.8 Å². The zero-order valence-electron chi connectivity index (χ0n) is 16.6. The molecule has 0 N–H and O–H groups in total. The van der Waals surface area contributed by atoms with Gasteiger partial charge in [0.1, 0.15) is 5.75 Å². The van der Waals surface area contributed by atoms with Gasteiger partial charge in [0.25, 0.3) is 15.9 Å². The Morgan fingerprint density at radius 1 is 0.862 bits per heavy atom. The largest absolute Gasteiger partial charge is 0.483 e. The highest BCUT2D eigenvalue weighted by Gasteiger charge is 2.31. The van der Waals surface area contributed by atoms with Crippen LogP contribution < -0.4 is 9.04 Å². The summed E-state index contributed by atoms with van der Waals surface area (Å²) in [5, 5.41) is 0. The lowest BCUT2D eigenvalue weighted by molar-refractivity contribution is -0.119. The van der Waals surface area contributed by atoms with Crippen molar-refractivity contribution in [2.75, 3.05) is 10.9 Å². The molecule has 0 aliphatic carbocycles. The van der Waals surface area contributed by atoms with E-state index in [9.17, 15) is 13.2 Å². The van der Waals surface area contributed by atoms with Gasteiger partial charge in [0, 0.05) is 0 Å². The number of ether oxygens (including phenoxy) is 1. The van der Waals surface area contributed by atoms with Gasteiger partial charge < -0.3 is 4.74 Å². The van der Waals surface area contributed by atoms with Gasteiger partial charge in [-0.15, -0.1) is 0 Å². The summed E-state index contributed by atoms with van der Waals surface area (Å²) in [4.78, 5) is 13.1. The maximum absolute atomic E-state index is 13.3. The molecule has 0 atom stereocenters. The maximum atomic E-state index is 13.3. The third kappa shape index (κ3) is 4.49. The van der Waals surface area contributed by atoms with Gasteiger partial charge in [-0.05, 0) is 62.2 Å². The quantitative estimate of drug-likeness (QED) is 0.605. The van der Waals surface area contributed by atoms with Gasteiger partial charge in [0.05, 0.1) is 10.6 Å². The summed E-state index contributed by atoms with van der Waals surface area (Å²) < 4.78 is 33.0. The molecule has 0 aliphatic rings. The summed E-state index contributed by atoms with van der Waals surface area (Å²) in [7, 11) is -4.09. The van der Waals surface area contributed by atoms with Gasteiger partial charge in [-0.1, -0.05) is 48.0 Å². The Morgan fingerprint density at radius 2 is 1.52 bits per heavy atom. The highest BCUT2D eigenvalue weighted by Crippen LogP contribution is 2.25. The van der Waals surface area contributed by atoms with Crippen LogP contribution in [0.1, 0.15) is 16.7 Å². The smallest absolute Gasteiger partial charge is 0.278 e. The summed E-state index contributed by atoms with van der Waals surface area (Å²) in [6.07, 6.45) is 0. The molecule has 0 spiro atoms. The summed E-state index contributed by atoms with van der Waals surface area (Å²) >= 11 is 0. The number of rotatable bonds is 6. The predicted molar refractivity (Wildman–Crippen MR) is 114 cm³/mol. The van der Waals surface area contributed by atoms with Crippen LogP contribution in [0.3, 0.4) is 0 Å². The summed E-state index contributed by atoms with van der Waals surface area (Å²) in [5.74, 6) is -0.114. The number of carbonyl (C=O) groups excluding carboxylic acids is 1. The third-order valence-corrected chi connectivity index (χ3v) is 6.45. The molecule has 0 aliphatic heterocycles. The van der Waals surface area contributed by atoms with Crippen LogP contribution in [-0.2, 0) is 14.8 Å². The second kappa shape index (κ2) is 8.49. The molecule has 1 amide bonds. The van der Waals surface area contributed by atoms with Crippen molar-refractivity contribution in [1.82, 2.24) is 0 Å². The van der Waals surface area contributed by atoms with Crippen molar-refractivity contribution in [2.24, 2.45) is 0 Å². The summed E-state index contributed by atoms with van der Waals surface area (Å²) in [6.45, 7) is 5.31. The average molecular weight is 410 g/mol. The highest BCUT2D eigenvalue weighted by molar-refractivity contribution is 7.93. The fraction of sp³-hybridized carbons (Fsp3) is 0.174. The van der Waals surface area contributed by atoms with Gasteiger partial charge in [-0.2, -0.15) is 4.31 Å². The molecule has 3 aromatic rings. The van der Waals surface area contributed by atoms with Gasteiger partial charge >= 0.3 is 0 Å². The Balaban J connectivity index is 1.94. The Morgan fingerprint density at radius 3 is 2.17 bits per heavy atom. The average Bonchev–Trinajstić information content (AvgIpc) is 2.70. The molecule has 3 rings (SSSR count). The van der Waals surface area contributed by atoms with E-state index in [0.717, 1.165) is 21.0 Å². The van der Waals surface area contributed by atoms with E-state index in [4.69, 9.17) is 4.74 Å². The van der Waals surface area contributed by atoms with Crippen molar-refractivity contribution < 1.29 is 17.9 Å². The summed E-state index contributed by atoms with van der Waals surface area (Å²) in [6, 6.07) is 20.2. The molecule has 0 aromatic heterocycles. The first-order valence-corrected chi connectivity index (χ1v) is 10.6.